The topological polar surface area (TPSA) is 66.6 Å². The number of hydrogen-bond donors (Lipinski definition) is 2. The Balaban J connectivity index is 2.13. The van der Waals surface area contributed by atoms with Gasteiger partial charge in [-0.3, -0.25) is 4.79 Å². The molecule has 1 unspecified atom stereocenters. The highest BCUT2D eigenvalue weighted by Crippen LogP contribution is 2.24. The minimum atomic E-state index is -0.881. The number of nitrogens with two attached hydrogens (primary N) is 1. The third-order valence-corrected chi connectivity index (χ3v) is 3.80. The van der Waals surface area contributed by atoms with Crippen LogP contribution < -0.4 is 5.73 Å². The van der Waals surface area contributed by atoms with Crippen molar-refractivity contribution in [3.63, 3.8) is 0 Å². The van der Waals surface area contributed by atoms with Crippen LogP contribution in [0.5, 0.6) is 0 Å². The number of benzene rings is 1. The molecular weight excluding hydrogens is 266 g/mol. The standard InChI is InChI=1S/C14H18F2N2O2/c1-8(19)9-2-4-18(5-3-9)14(20)11-6-10(15)7-12(17)13(11)16/h6-9,19H,2-5,17H2,1H3. The van der Waals surface area contributed by atoms with Gasteiger partial charge in [-0.05, 0) is 37.8 Å². The molecule has 0 radical (unpaired) electrons. The summed E-state index contributed by atoms with van der Waals surface area (Å²) in [6.07, 6.45) is 0.875. The fourth-order valence-corrected chi connectivity index (χ4v) is 2.52. The zero-order valence-electron chi connectivity index (χ0n) is 11.3. The zero-order chi connectivity index (χ0) is 14.9. The zero-order valence-corrected chi connectivity index (χ0v) is 11.3. The molecule has 0 aliphatic carbocycles. The van der Waals surface area contributed by atoms with E-state index in [2.05, 4.69) is 0 Å². The summed E-state index contributed by atoms with van der Waals surface area (Å²) < 4.78 is 27.1. The van der Waals surface area contributed by atoms with Crippen LogP contribution in [0.25, 0.3) is 0 Å². The molecule has 1 atom stereocenters. The van der Waals surface area contributed by atoms with Crippen molar-refractivity contribution >= 4 is 11.6 Å². The van der Waals surface area contributed by atoms with E-state index in [1.54, 1.807) is 6.92 Å². The van der Waals surface area contributed by atoms with Crippen molar-refractivity contribution in [1.29, 1.82) is 0 Å². The van der Waals surface area contributed by atoms with E-state index in [4.69, 9.17) is 5.73 Å². The summed E-state index contributed by atoms with van der Waals surface area (Å²) in [7, 11) is 0. The molecule has 1 aromatic rings. The smallest absolute Gasteiger partial charge is 0.257 e. The van der Waals surface area contributed by atoms with Gasteiger partial charge in [0.05, 0.1) is 17.4 Å². The lowest BCUT2D eigenvalue weighted by molar-refractivity contribution is 0.0517. The van der Waals surface area contributed by atoms with Crippen LogP contribution >= 0.6 is 0 Å². The molecule has 110 valence electrons. The fourth-order valence-electron chi connectivity index (χ4n) is 2.52. The lowest BCUT2D eigenvalue weighted by Crippen LogP contribution is -2.41. The van der Waals surface area contributed by atoms with E-state index in [1.165, 1.54) is 4.90 Å². The van der Waals surface area contributed by atoms with Crippen molar-refractivity contribution in [3.8, 4) is 0 Å². The second kappa shape index (κ2) is 5.75. The number of hydrogen-bond acceptors (Lipinski definition) is 3. The van der Waals surface area contributed by atoms with Crippen molar-refractivity contribution in [2.75, 3.05) is 18.8 Å². The Bertz CT molecular complexity index is 512. The molecule has 0 bridgehead atoms. The maximum Gasteiger partial charge on any atom is 0.257 e. The molecule has 0 aromatic heterocycles. The Morgan fingerprint density at radius 2 is 2.00 bits per heavy atom. The second-order valence-corrected chi connectivity index (χ2v) is 5.23. The van der Waals surface area contributed by atoms with Crippen molar-refractivity contribution < 1.29 is 18.7 Å². The van der Waals surface area contributed by atoms with Crippen LogP contribution in [0.15, 0.2) is 12.1 Å². The normalized spacial score (nSPS) is 18.1. The lowest BCUT2D eigenvalue weighted by atomic mass is 9.92. The quantitative estimate of drug-likeness (QED) is 0.814. The van der Waals surface area contributed by atoms with Crippen molar-refractivity contribution in [3.05, 3.63) is 29.3 Å². The number of likely N-dealkylation sites (tertiary alicyclic amines) is 1. The predicted molar refractivity (Wildman–Crippen MR) is 71.1 cm³/mol. The number of carbonyl (C=O) groups excluding carboxylic acids is 1. The summed E-state index contributed by atoms with van der Waals surface area (Å²) in [6, 6.07) is 1.72. The van der Waals surface area contributed by atoms with Gasteiger partial charge in [0.15, 0.2) is 5.82 Å². The van der Waals surface area contributed by atoms with E-state index >= 15 is 0 Å². The van der Waals surface area contributed by atoms with Crippen LogP contribution in [0, 0.1) is 17.6 Å². The van der Waals surface area contributed by atoms with Gasteiger partial charge in [0, 0.05) is 13.1 Å². The third-order valence-electron chi connectivity index (χ3n) is 3.80. The van der Waals surface area contributed by atoms with Gasteiger partial charge in [-0.2, -0.15) is 0 Å². The number of anilines is 1. The number of aliphatic hydroxyl groups is 1. The Hall–Kier alpha value is -1.69. The highest BCUT2D eigenvalue weighted by Gasteiger charge is 2.28. The summed E-state index contributed by atoms with van der Waals surface area (Å²) in [6.45, 7) is 2.56. The van der Waals surface area contributed by atoms with Gasteiger partial charge in [0.25, 0.3) is 5.91 Å². The van der Waals surface area contributed by atoms with Gasteiger partial charge < -0.3 is 15.7 Å². The molecule has 0 saturated carbocycles. The number of piperidine rings is 1. The molecule has 1 fully saturated rings. The number of aliphatic hydroxyl groups excluding tert-OH is 1. The number of nitrogen functional groups attached to an aromatic ring is 1. The van der Waals surface area contributed by atoms with E-state index in [9.17, 15) is 18.7 Å². The van der Waals surface area contributed by atoms with Gasteiger partial charge in [-0.25, -0.2) is 8.78 Å². The van der Waals surface area contributed by atoms with Crippen molar-refractivity contribution in [2.24, 2.45) is 5.92 Å². The van der Waals surface area contributed by atoms with Crippen LogP contribution in [-0.2, 0) is 0 Å². The Kier molecular flexibility index (Phi) is 4.23. The number of amides is 1. The first-order valence-corrected chi connectivity index (χ1v) is 6.62. The van der Waals surface area contributed by atoms with E-state index in [0.717, 1.165) is 12.1 Å². The van der Waals surface area contributed by atoms with E-state index in [0.29, 0.717) is 25.9 Å². The molecule has 4 nitrogen and oxygen atoms in total. The monoisotopic (exact) mass is 284 g/mol. The molecule has 1 saturated heterocycles. The molecule has 3 N–H and O–H groups in total. The Morgan fingerprint density at radius 3 is 2.55 bits per heavy atom. The first kappa shape index (κ1) is 14.7. The first-order chi connectivity index (χ1) is 9.40. The fraction of sp³-hybridized carbons (Fsp3) is 0.500. The lowest BCUT2D eigenvalue weighted by Gasteiger charge is -2.33. The average molecular weight is 284 g/mol. The van der Waals surface area contributed by atoms with E-state index < -0.39 is 23.6 Å². The number of halogens is 2. The summed E-state index contributed by atoms with van der Waals surface area (Å²) in [4.78, 5) is 13.7. The number of carbonyl (C=O) groups is 1. The molecule has 2 rings (SSSR count). The number of nitrogens with zero attached hydrogens (tertiary/aromatic N) is 1. The predicted octanol–water partition coefficient (Wildman–Crippen LogP) is 1.78. The van der Waals surface area contributed by atoms with E-state index in [-0.39, 0.29) is 17.2 Å². The summed E-state index contributed by atoms with van der Waals surface area (Å²) in [5, 5.41) is 9.51. The van der Waals surface area contributed by atoms with Crippen LogP contribution in [0.1, 0.15) is 30.1 Å². The first-order valence-electron chi connectivity index (χ1n) is 6.62. The SMILES string of the molecule is CC(O)C1CCN(C(=O)c2cc(F)cc(N)c2F)CC1. The summed E-state index contributed by atoms with van der Waals surface area (Å²) in [5.41, 5.74) is 4.63. The van der Waals surface area contributed by atoms with Crippen LogP contribution in [0.4, 0.5) is 14.5 Å². The molecular formula is C14H18F2N2O2. The van der Waals surface area contributed by atoms with Gasteiger partial charge in [0.1, 0.15) is 5.82 Å². The molecule has 6 heteroatoms. The Morgan fingerprint density at radius 1 is 1.40 bits per heavy atom. The second-order valence-electron chi connectivity index (χ2n) is 5.23. The third kappa shape index (κ3) is 2.90. The maximum atomic E-state index is 13.8. The van der Waals surface area contributed by atoms with E-state index in [1.807, 2.05) is 0 Å². The van der Waals surface area contributed by atoms with Gasteiger partial charge in [-0.15, -0.1) is 0 Å². The Labute approximate surface area is 116 Å². The highest BCUT2D eigenvalue weighted by molar-refractivity contribution is 5.95. The van der Waals surface area contributed by atoms with Crippen LogP contribution in [0.2, 0.25) is 0 Å². The highest BCUT2D eigenvalue weighted by atomic mass is 19.1. The minimum Gasteiger partial charge on any atom is -0.396 e. The van der Waals surface area contributed by atoms with Crippen LogP contribution in [-0.4, -0.2) is 35.1 Å². The molecule has 1 aliphatic rings. The minimum absolute atomic E-state index is 0.140. The van der Waals surface area contributed by atoms with Crippen molar-refractivity contribution in [2.45, 2.75) is 25.9 Å². The molecule has 1 heterocycles. The number of rotatable bonds is 2. The van der Waals surface area contributed by atoms with Crippen LogP contribution in [0.3, 0.4) is 0 Å². The molecule has 1 aromatic carbocycles. The summed E-state index contributed by atoms with van der Waals surface area (Å²) in [5.74, 6) is -2.03. The maximum absolute atomic E-state index is 13.8. The molecule has 1 aliphatic heterocycles. The molecule has 20 heavy (non-hydrogen) atoms. The van der Waals surface area contributed by atoms with Gasteiger partial charge >= 0.3 is 0 Å². The molecule has 0 spiro atoms. The summed E-state index contributed by atoms with van der Waals surface area (Å²) >= 11 is 0. The molecule has 1 amide bonds. The average Bonchev–Trinajstić information content (AvgIpc) is 2.42. The largest absolute Gasteiger partial charge is 0.396 e. The van der Waals surface area contributed by atoms with Gasteiger partial charge in [-0.1, -0.05) is 0 Å². The van der Waals surface area contributed by atoms with Crippen molar-refractivity contribution in [1.82, 2.24) is 4.90 Å². The van der Waals surface area contributed by atoms with Gasteiger partial charge in [0.2, 0.25) is 0 Å².